The number of pyridine rings is 1. The molecule has 0 fully saturated rings. The number of nitrogens with zero attached hydrogens (tertiary/aromatic N) is 3. The Labute approximate surface area is 159 Å². The van der Waals surface area contributed by atoms with Crippen molar-refractivity contribution in [3.8, 4) is 17.1 Å². The Kier molecular flexibility index (Phi) is 5.88. The molecule has 0 aliphatic carbocycles. The Morgan fingerprint density at radius 1 is 1.15 bits per heavy atom. The van der Waals surface area contributed by atoms with Crippen LogP contribution in [0.1, 0.15) is 12.5 Å². The van der Waals surface area contributed by atoms with Gasteiger partial charge >= 0.3 is 0 Å². The lowest BCUT2D eigenvalue weighted by molar-refractivity contribution is 0.337. The van der Waals surface area contributed by atoms with Crippen molar-refractivity contribution in [3.63, 3.8) is 0 Å². The molecule has 3 aromatic rings. The summed E-state index contributed by atoms with van der Waals surface area (Å²) in [5.41, 5.74) is 2.31. The van der Waals surface area contributed by atoms with Crippen molar-refractivity contribution in [1.29, 1.82) is 0 Å². The summed E-state index contributed by atoms with van der Waals surface area (Å²) in [5.74, 6) is 0.690. The van der Waals surface area contributed by atoms with Crippen LogP contribution in [0.25, 0.3) is 11.4 Å². The maximum Gasteiger partial charge on any atom is 0.240 e. The molecule has 0 amide bonds. The van der Waals surface area contributed by atoms with Crippen molar-refractivity contribution < 1.29 is 13.2 Å². The lowest BCUT2D eigenvalue weighted by Crippen LogP contribution is -2.27. The highest BCUT2D eigenvalue weighted by molar-refractivity contribution is 7.89. The van der Waals surface area contributed by atoms with Gasteiger partial charge in [-0.05, 0) is 55.8 Å². The molecule has 8 heteroatoms. The summed E-state index contributed by atoms with van der Waals surface area (Å²) in [6.45, 7) is 4.91. The van der Waals surface area contributed by atoms with Crippen LogP contribution in [-0.2, 0) is 16.6 Å². The first-order valence-corrected chi connectivity index (χ1v) is 10.2. The molecular formula is C19H22N4O3S. The highest BCUT2D eigenvalue weighted by Crippen LogP contribution is 2.21. The van der Waals surface area contributed by atoms with Crippen molar-refractivity contribution in [1.82, 2.24) is 19.5 Å². The molecule has 2 aromatic heterocycles. The van der Waals surface area contributed by atoms with Crippen LogP contribution >= 0.6 is 0 Å². The highest BCUT2D eigenvalue weighted by Gasteiger charge is 2.15. The SMILES string of the molecule is CCOc1ccc(S(=O)(=O)NCCn2ccc(-c3ccccn3)n2)cc1C. The van der Waals surface area contributed by atoms with E-state index in [0.717, 1.165) is 17.0 Å². The van der Waals surface area contributed by atoms with Gasteiger partial charge < -0.3 is 4.74 Å². The molecule has 142 valence electrons. The normalized spacial score (nSPS) is 11.5. The summed E-state index contributed by atoms with van der Waals surface area (Å²) in [6, 6.07) is 12.3. The van der Waals surface area contributed by atoms with E-state index < -0.39 is 10.0 Å². The topological polar surface area (TPSA) is 86.1 Å². The second-order valence-electron chi connectivity index (χ2n) is 5.94. The van der Waals surface area contributed by atoms with Crippen LogP contribution in [0.15, 0.2) is 59.8 Å². The summed E-state index contributed by atoms with van der Waals surface area (Å²) in [4.78, 5) is 4.47. The number of sulfonamides is 1. The fourth-order valence-electron chi connectivity index (χ4n) is 2.62. The van der Waals surface area contributed by atoms with E-state index in [1.807, 2.05) is 38.1 Å². The van der Waals surface area contributed by atoms with E-state index in [-0.39, 0.29) is 11.4 Å². The Bertz CT molecular complexity index is 1000. The van der Waals surface area contributed by atoms with Crippen molar-refractivity contribution in [3.05, 3.63) is 60.4 Å². The molecule has 0 bridgehead atoms. The number of aromatic nitrogens is 3. The Morgan fingerprint density at radius 3 is 2.70 bits per heavy atom. The zero-order chi connectivity index (χ0) is 19.3. The van der Waals surface area contributed by atoms with E-state index in [0.29, 0.717) is 18.9 Å². The predicted octanol–water partition coefficient (Wildman–Crippen LogP) is 2.63. The number of benzene rings is 1. The van der Waals surface area contributed by atoms with Crippen LogP contribution in [0.3, 0.4) is 0 Å². The minimum Gasteiger partial charge on any atom is -0.494 e. The maximum absolute atomic E-state index is 12.5. The number of hydrogen-bond donors (Lipinski definition) is 1. The fraction of sp³-hybridized carbons (Fsp3) is 0.263. The van der Waals surface area contributed by atoms with Crippen molar-refractivity contribution >= 4 is 10.0 Å². The number of ether oxygens (including phenoxy) is 1. The van der Waals surface area contributed by atoms with Crippen LogP contribution in [0, 0.1) is 6.92 Å². The second kappa shape index (κ2) is 8.32. The molecule has 0 aliphatic heterocycles. The van der Waals surface area contributed by atoms with E-state index >= 15 is 0 Å². The molecule has 0 radical (unpaired) electrons. The quantitative estimate of drug-likeness (QED) is 0.643. The molecule has 0 spiro atoms. The first-order valence-electron chi connectivity index (χ1n) is 8.67. The van der Waals surface area contributed by atoms with Gasteiger partial charge in [0.25, 0.3) is 0 Å². The molecule has 1 aromatic carbocycles. The van der Waals surface area contributed by atoms with Crippen LogP contribution in [0.5, 0.6) is 5.75 Å². The van der Waals surface area contributed by atoms with Gasteiger partial charge in [-0.25, -0.2) is 13.1 Å². The van der Waals surface area contributed by atoms with E-state index in [1.165, 1.54) is 0 Å². The molecule has 2 heterocycles. The van der Waals surface area contributed by atoms with Crippen LogP contribution in [-0.4, -0.2) is 36.3 Å². The largest absolute Gasteiger partial charge is 0.494 e. The average Bonchev–Trinajstić information content (AvgIpc) is 3.13. The smallest absolute Gasteiger partial charge is 0.240 e. The minimum absolute atomic E-state index is 0.220. The van der Waals surface area contributed by atoms with E-state index in [4.69, 9.17) is 4.74 Å². The zero-order valence-electron chi connectivity index (χ0n) is 15.3. The molecule has 0 aliphatic rings. The van der Waals surface area contributed by atoms with Crippen LogP contribution in [0.4, 0.5) is 0 Å². The number of aryl methyl sites for hydroxylation is 1. The Hall–Kier alpha value is -2.71. The monoisotopic (exact) mass is 386 g/mol. The third kappa shape index (κ3) is 4.72. The van der Waals surface area contributed by atoms with E-state index in [1.54, 1.807) is 35.3 Å². The number of hydrogen-bond acceptors (Lipinski definition) is 5. The summed E-state index contributed by atoms with van der Waals surface area (Å²) < 4.78 is 34.7. The third-order valence-electron chi connectivity index (χ3n) is 3.96. The first-order chi connectivity index (χ1) is 13.0. The minimum atomic E-state index is -3.59. The third-order valence-corrected chi connectivity index (χ3v) is 5.42. The van der Waals surface area contributed by atoms with Gasteiger partial charge in [0.15, 0.2) is 0 Å². The van der Waals surface area contributed by atoms with E-state index in [9.17, 15) is 8.42 Å². The lowest BCUT2D eigenvalue weighted by atomic mass is 10.2. The van der Waals surface area contributed by atoms with Gasteiger partial charge in [0, 0.05) is 18.9 Å². The Balaban J connectivity index is 1.61. The fourth-order valence-corrected chi connectivity index (χ4v) is 3.73. The molecule has 7 nitrogen and oxygen atoms in total. The zero-order valence-corrected chi connectivity index (χ0v) is 16.1. The molecule has 1 N–H and O–H groups in total. The van der Waals surface area contributed by atoms with Gasteiger partial charge in [0.1, 0.15) is 11.4 Å². The Morgan fingerprint density at radius 2 is 2.00 bits per heavy atom. The van der Waals surface area contributed by atoms with Gasteiger partial charge in [0.05, 0.1) is 23.7 Å². The van der Waals surface area contributed by atoms with Gasteiger partial charge in [-0.1, -0.05) is 6.07 Å². The molecule has 3 rings (SSSR count). The molecule has 0 unspecified atom stereocenters. The summed E-state index contributed by atoms with van der Waals surface area (Å²) in [7, 11) is -3.59. The summed E-state index contributed by atoms with van der Waals surface area (Å²) in [6.07, 6.45) is 3.51. The number of rotatable bonds is 8. The van der Waals surface area contributed by atoms with Crippen molar-refractivity contribution in [2.24, 2.45) is 0 Å². The molecular weight excluding hydrogens is 364 g/mol. The van der Waals surface area contributed by atoms with Gasteiger partial charge in [-0.3, -0.25) is 9.67 Å². The highest BCUT2D eigenvalue weighted by atomic mass is 32.2. The standard InChI is InChI=1S/C19H22N4O3S/c1-3-26-19-8-7-16(14-15(19)2)27(24,25)21-11-13-23-12-9-18(22-23)17-6-4-5-10-20-17/h4-10,12,14,21H,3,11,13H2,1-2H3. The molecule has 27 heavy (non-hydrogen) atoms. The van der Waals surface area contributed by atoms with Crippen molar-refractivity contribution in [2.45, 2.75) is 25.3 Å². The van der Waals surface area contributed by atoms with Crippen LogP contribution < -0.4 is 9.46 Å². The van der Waals surface area contributed by atoms with Gasteiger partial charge in [-0.15, -0.1) is 0 Å². The van der Waals surface area contributed by atoms with Crippen molar-refractivity contribution in [2.75, 3.05) is 13.2 Å². The predicted molar refractivity (Wildman–Crippen MR) is 103 cm³/mol. The summed E-state index contributed by atoms with van der Waals surface area (Å²) in [5, 5.41) is 4.42. The van der Waals surface area contributed by atoms with Gasteiger partial charge in [-0.2, -0.15) is 5.10 Å². The van der Waals surface area contributed by atoms with Gasteiger partial charge in [0.2, 0.25) is 10.0 Å². The molecule has 0 saturated carbocycles. The average molecular weight is 386 g/mol. The maximum atomic E-state index is 12.5. The second-order valence-corrected chi connectivity index (χ2v) is 7.70. The van der Waals surface area contributed by atoms with E-state index in [2.05, 4.69) is 14.8 Å². The number of nitrogens with one attached hydrogen (secondary N) is 1. The molecule has 0 saturated heterocycles. The molecule has 0 atom stereocenters. The lowest BCUT2D eigenvalue weighted by Gasteiger charge is -2.10. The van der Waals surface area contributed by atoms with Crippen LogP contribution in [0.2, 0.25) is 0 Å². The summed E-state index contributed by atoms with van der Waals surface area (Å²) >= 11 is 0. The first kappa shape index (κ1) is 19.1.